The first-order valence-electron chi connectivity index (χ1n) is 11.0. The van der Waals surface area contributed by atoms with E-state index in [1.807, 2.05) is 0 Å². The Morgan fingerprint density at radius 1 is 1.04 bits per heavy atom. The summed E-state index contributed by atoms with van der Waals surface area (Å²) < 4.78 is 5.84. The van der Waals surface area contributed by atoms with Crippen LogP contribution in [0.25, 0.3) is 0 Å². The molecule has 4 aliphatic rings. The minimum absolute atomic E-state index is 0.00828. The van der Waals surface area contributed by atoms with Crippen LogP contribution in [0, 0.1) is 40.9 Å². The first kappa shape index (κ1) is 20.6. The summed E-state index contributed by atoms with van der Waals surface area (Å²) in [5.74, 6) is 3.32. The number of esters is 1. The van der Waals surface area contributed by atoms with Crippen molar-refractivity contribution in [2.45, 2.75) is 83.1 Å². The van der Waals surface area contributed by atoms with Crippen molar-refractivity contribution >= 4 is 33.5 Å². The van der Waals surface area contributed by atoms with E-state index in [0.717, 1.165) is 38.5 Å². The highest BCUT2D eigenvalue weighted by Gasteiger charge is 2.67. The Balaban J connectivity index is 1.66. The van der Waals surface area contributed by atoms with Crippen LogP contribution in [-0.4, -0.2) is 28.0 Å². The predicted octanol–water partition coefficient (Wildman–Crippen LogP) is 4.72. The Morgan fingerprint density at radius 3 is 2.39 bits per heavy atom. The van der Waals surface area contributed by atoms with Crippen LogP contribution >= 0.6 is 15.9 Å². The fourth-order valence-corrected chi connectivity index (χ4v) is 8.64. The molecule has 0 aliphatic heterocycles. The molecule has 4 nitrogen and oxygen atoms in total. The number of hydrogen-bond acceptors (Lipinski definition) is 4. The molecule has 5 heteroatoms. The molecule has 0 aromatic heterocycles. The van der Waals surface area contributed by atoms with E-state index in [4.69, 9.17) is 4.74 Å². The van der Waals surface area contributed by atoms with Gasteiger partial charge in [-0.3, -0.25) is 14.4 Å². The number of rotatable bonds is 2. The standard InChI is InChI=1S/C23H33BrO4/c1-12-9-18-15(17-10-20(24)21(27)11-16(12)17)5-7-22(4)19(18)6-8-23(22,13(2)25)28-14(3)26/h12,15-20H,5-11H2,1-4H3/t12-,15+,16-,17+,18+,19-,20+,22-,23-/m0/s1. The highest BCUT2D eigenvalue weighted by molar-refractivity contribution is 9.10. The van der Waals surface area contributed by atoms with Crippen molar-refractivity contribution in [1.29, 1.82) is 0 Å². The first-order valence-corrected chi connectivity index (χ1v) is 11.9. The molecule has 4 aliphatic carbocycles. The summed E-state index contributed by atoms with van der Waals surface area (Å²) >= 11 is 3.63. The molecule has 0 saturated heterocycles. The number of carbonyl (C=O) groups is 3. The zero-order valence-corrected chi connectivity index (χ0v) is 19.1. The van der Waals surface area contributed by atoms with Crippen LogP contribution in [0.4, 0.5) is 0 Å². The van der Waals surface area contributed by atoms with Gasteiger partial charge in [-0.25, -0.2) is 0 Å². The minimum Gasteiger partial charge on any atom is -0.451 e. The molecule has 4 fully saturated rings. The average molecular weight is 453 g/mol. The van der Waals surface area contributed by atoms with Crippen LogP contribution in [0.15, 0.2) is 0 Å². The second-order valence-electron chi connectivity index (χ2n) is 10.3. The number of hydrogen-bond donors (Lipinski definition) is 0. The van der Waals surface area contributed by atoms with Crippen molar-refractivity contribution in [3.05, 3.63) is 0 Å². The zero-order chi connectivity index (χ0) is 20.4. The normalized spacial score (nSPS) is 50.3. The van der Waals surface area contributed by atoms with Gasteiger partial charge in [0, 0.05) is 18.8 Å². The topological polar surface area (TPSA) is 60.4 Å². The molecule has 0 amide bonds. The van der Waals surface area contributed by atoms with Crippen molar-refractivity contribution in [3.8, 4) is 0 Å². The van der Waals surface area contributed by atoms with Crippen molar-refractivity contribution < 1.29 is 19.1 Å². The maximum atomic E-state index is 12.8. The Bertz CT molecular complexity index is 705. The summed E-state index contributed by atoms with van der Waals surface area (Å²) in [7, 11) is 0. The zero-order valence-electron chi connectivity index (χ0n) is 17.5. The number of Topliss-reactive ketones (excluding diaryl/α,β-unsaturated/α-hetero) is 2. The third-order valence-electron chi connectivity index (χ3n) is 9.24. The van der Waals surface area contributed by atoms with Gasteiger partial charge in [0.1, 0.15) is 5.78 Å². The van der Waals surface area contributed by atoms with Gasteiger partial charge in [-0.1, -0.05) is 29.8 Å². The molecule has 0 N–H and O–H groups in total. The van der Waals surface area contributed by atoms with Crippen molar-refractivity contribution in [2.24, 2.45) is 40.9 Å². The van der Waals surface area contributed by atoms with Crippen molar-refractivity contribution in [2.75, 3.05) is 0 Å². The highest BCUT2D eigenvalue weighted by Crippen LogP contribution is 2.67. The van der Waals surface area contributed by atoms with E-state index in [1.165, 1.54) is 6.92 Å². The van der Waals surface area contributed by atoms with Gasteiger partial charge >= 0.3 is 5.97 Å². The lowest BCUT2D eigenvalue weighted by Crippen LogP contribution is -2.59. The maximum absolute atomic E-state index is 12.8. The number of carbonyl (C=O) groups excluding carboxylic acids is 3. The number of halogens is 1. The Hall–Kier alpha value is -0.710. The molecular formula is C23H33BrO4. The van der Waals surface area contributed by atoms with E-state index < -0.39 is 5.60 Å². The smallest absolute Gasteiger partial charge is 0.303 e. The largest absolute Gasteiger partial charge is 0.451 e. The van der Waals surface area contributed by atoms with E-state index in [1.54, 1.807) is 6.92 Å². The molecule has 0 heterocycles. The van der Waals surface area contributed by atoms with Crippen LogP contribution in [0.1, 0.15) is 72.6 Å². The third kappa shape index (κ3) is 2.78. The van der Waals surface area contributed by atoms with Gasteiger partial charge in [-0.05, 0) is 81.0 Å². The molecule has 0 bridgehead atoms. The molecule has 0 aromatic rings. The van der Waals surface area contributed by atoms with Gasteiger partial charge in [0.15, 0.2) is 11.4 Å². The summed E-state index contributed by atoms with van der Waals surface area (Å²) in [5, 5.41) is 0. The molecule has 156 valence electrons. The van der Waals surface area contributed by atoms with E-state index in [9.17, 15) is 14.4 Å². The van der Waals surface area contributed by atoms with Gasteiger partial charge < -0.3 is 4.74 Å². The molecular weight excluding hydrogens is 420 g/mol. The lowest BCUT2D eigenvalue weighted by Gasteiger charge is -2.58. The summed E-state index contributed by atoms with van der Waals surface area (Å²) in [6.45, 7) is 7.56. The van der Waals surface area contributed by atoms with Crippen LogP contribution in [0.5, 0.6) is 0 Å². The van der Waals surface area contributed by atoms with E-state index in [0.29, 0.717) is 47.7 Å². The van der Waals surface area contributed by atoms with Gasteiger partial charge in [-0.2, -0.15) is 0 Å². The van der Waals surface area contributed by atoms with Gasteiger partial charge in [0.2, 0.25) is 0 Å². The third-order valence-corrected chi connectivity index (χ3v) is 10.1. The number of fused-ring (bicyclic) bond motifs is 5. The molecule has 0 spiro atoms. The average Bonchev–Trinajstić information content (AvgIpc) is 2.90. The van der Waals surface area contributed by atoms with Crippen molar-refractivity contribution in [1.82, 2.24) is 0 Å². The second kappa shape index (κ2) is 6.92. The summed E-state index contributed by atoms with van der Waals surface area (Å²) in [6.07, 6.45) is 6.46. The molecule has 4 saturated carbocycles. The minimum atomic E-state index is -0.949. The lowest BCUT2D eigenvalue weighted by molar-refractivity contribution is -0.188. The van der Waals surface area contributed by atoms with Gasteiger partial charge in [-0.15, -0.1) is 0 Å². The SMILES string of the molecule is CC(=O)O[C@]1(C(C)=O)CC[C@H]2[C@@H]3C[C@H](C)[C@@H]4CC(=O)[C@H](Br)C[C@@H]4[C@H]3CC[C@@]21C. The molecule has 0 aromatic carbocycles. The highest BCUT2D eigenvalue weighted by atomic mass is 79.9. The van der Waals surface area contributed by atoms with E-state index >= 15 is 0 Å². The van der Waals surface area contributed by atoms with E-state index in [2.05, 4.69) is 29.8 Å². The number of ketones is 2. The van der Waals surface area contributed by atoms with Gasteiger partial charge in [0.05, 0.1) is 4.83 Å². The van der Waals surface area contributed by atoms with Crippen LogP contribution in [0.3, 0.4) is 0 Å². The molecule has 28 heavy (non-hydrogen) atoms. The Morgan fingerprint density at radius 2 is 1.75 bits per heavy atom. The van der Waals surface area contributed by atoms with Crippen LogP contribution in [0.2, 0.25) is 0 Å². The monoisotopic (exact) mass is 452 g/mol. The fourth-order valence-electron chi connectivity index (χ4n) is 8.03. The van der Waals surface area contributed by atoms with Crippen molar-refractivity contribution in [3.63, 3.8) is 0 Å². The van der Waals surface area contributed by atoms with Crippen LogP contribution < -0.4 is 0 Å². The van der Waals surface area contributed by atoms with E-state index in [-0.39, 0.29) is 22.0 Å². The molecule has 4 rings (SSSR count). The lowest BCUT2D eigenvalue weighted by atomic mass is 9.47. The molecule has 9 atom stereocenters. The van der Waals surface area contributed by atoms with Gasteiger partial charge in [0.25, 0.3) is 0 Å². The Kier molecular flexibility index (Phi) is 5.08. The predicted molar refractivity (Wildman–Crippen MR) is 110 cm³/mol. The number of ether oxygens (including phenoxy) is 1. The fraction of sp³-hybridized carbons (Fsp3) is 0.870. The first-order chi connectivity index (χ1) is 13.1. The number of alkyl halides is 1. The second-order valence-corrected chi connectivity index (χ2v) is 11.4. The summed E-state index contributed by atoms with van der Waals surface area (Å²) in [6, 6.07) is 0. The summed E-state index contributed by atoms with van der Waals surface area (Å²) in [4.78, 5) is 37.0. The maximum Gasteiger partial charge on any atom is 0.303 e. The summed E-state index contributed by atoms with van der Waals surface area (Å²) in [5.41, 5.74) is -1.22. The quantitative estimate of drug-likeness (QED) is 0.449. The molecule has 0 radical (unpaired) electrons. The molecule has 0 unspecified atom stereocenters. The Labute approximate surface area is 176 Å². The van der Waals surface area contributed by atoms with Crippen LogP contribution in [-0.2, 0) is 19.1 Å².